The van der Waals surface area contributed by atoms with Gasteiger partial charge in [0.15, 0.2) is 0 Å². The molecule has 0 bridgehead atoms. The second-order valence-corrected chi connectivity index (χ2v) is 11.5. The van der Waals surface area contributed by atoms with Gasteiger partial charge in [0.2, 0.25) is 0 Å². The number of ether oxygens (including phenoxy) is 3. The van der Waals surface area contributed by atoms with Crippen molar-refractivity contribution in [2.75, 3.05) is 0 Å². The summed E-state index contributed by atoms with van der Waals surface area (Å²) in [6.07, 6.45) is 5.93. The summed E-state index contributed by atoms with van der Waals surface area (Å²) >= 11 is 0. The number of esters is 2. The molecule has 1 saturated heterocycles. The Hall–Kier alpha value is -2.66. The number of carbonyl (C=O) groups excluding carboxylic acids is 2. The molecule has 4 atom stereocenters. The van der Waals surface area contributed by atoms with Crippen molar-refractivity contribution in [3.63, 3.8) is 0 Å². The molecule has 0 aromatic heterocycles. The average molecular weight is 537 g/mol. The van der Waals surface area contributed by atoms with Crippen LogP contribution in [0, 0.1) is 41.5 Å². The summed E-state index contributed by atoms with van der Waals surface area (Å²) in [6, 6.07) is 8.10. The van der Waals surface area contributed by atoms with Crippen LogP contribution in [0.1, 0.15) is 119 Å². The Kier molecular flexibility index (Phi) is 11.2. The van der Waals surface area contributed by atoms with Gasteiger partial charge in [0.25, 0.3) is 0 Å². The predicted molar refractivity (Wildman–Crippen MR) is 157 cm³/mol. The van der Waals surface area contributed by atoms with E-state index in [4.69, 9.17) is 14.2 Å². The van der Waals surface area contributed by atoms with E-state index in [0.717, 1.165) is 84.7 Å². The fourth-order valence-corrected chi connectivity index (χ4v) is 6.09. The Bertz CT molecular complexity index is 1010. The highest BCUT2D eigenvalue weighted by Crippen LogP contribution is 2.32. The molecule has 2 aromatic carbocycles. The first-order valence-electron chi connectivity index (χ1n) is 14.8. The van der Waals surface area contributed by atoms with Crippen LogP contribution in [0.3, 0.4) is 0 Å². The first kappa shape index (κ1) is 30.9. The molecule has 3 rings (SSSR count). The number of rotatable bonds is 12. The first-order chi connectivity index (χ1) is 18.5. The van der Waals surface area contributed by atoms with E-state index in [2.05, 4.69) is 13.8 Å². The molecule has 39 heavy (non-hydrogen) atoms. The molecular formula is C34H48O5. The highest BCUT2D eigenvalue weighted by Gasteiger charge is 2.39. The maximum atomic E-state index is 13.3. The maximum Gasteiger partial charge on any atom is 0.339 e. The Morgan fingerprint density at radius 3 is 1.33 bits per heavy atom. The Morgan fingerprint density at radius 2 is 1.03 bits per heavy atom. The van der Waals surface area contributed by atoms with Crippen molar-refractivity contribution in [1.29, 1.82) is 0 Å². The van der Waals surface area contributed by atoms with Gasteiger partial charge in [-0.2, -0.15) is 0 Å². The van der Waals surface area contributed by atoms with Crippen molar-refractivity contribution < 1.29 is 23.8 Å². The quantitative estimate of drug-likeness (QED) is 0.256. The zero-order chi connectivity index (χ0) is 28.7. The van der Waals surface area contributed by atoms with Crippen LogP contribution in [0.2, 0.25) is 0 Å². The van der Waals surface area contributed by atoms with Crippen LogP contribution in [0.25, 0.3) is 0 Å². The van der Waals surface area contributed by atoms with Gasteiger partial charge >= 0.3 is 11.9 Å². The number of benzene rings is 2. The minimum absolute atomic E-state index is 0.206. The van der Waals surface area contributed by atoms with E-state index in [1.807, 2.05) is 65.8 Å². The molecular weight excluding hydrogens is 488 g/mol. The molecule has 1 fully saturated rings. The van der Waals surface area contributed by atoms with Crippen molar-refractivity contribution in [3.8, 4) is 0 Å². The van der Waals surface area contributed by atoms with Crippen molar-refractivity contribution in [2.45, 2.75) is 131 Å². The molecule has 1 aliphatic rings. The standard InChI is InChI=1S/C34H48O5/c1-9-11-13-27(38-33(35)31-23(5)17-21(3)18-24(31)6)29-15-16-30(37-29)28(14-12-10-2)39-34(36)32-25(7)19-22(4)20-26(32)8/h17-20,27-30H,9-16H2,1-8H3/t27-,28-,29+,30+/m0/s1. The summed E-state index contributed by atoms with van der Waals surface area (Å²) in [5.74, 6) is -0.560. The molecule has 0 spiro atoms. The van der Waals surface area contributed by atoms with Crippen LogP contribution in [0.15, 0.2) is 24.3 Å². The third kappa shape index (κ3) is 7.94. The molecule has 5 heteroatoms. The van der Waals surface area contributed by atoms with Crippen molar-refractivity contribution in [2.24, 2.45) is 0 Å². The van der Waals surface area contributed by atoms with Gasteiger partial charge in [-0.3, -0.25) is 0 Å². The van der Waals surface area contributed by atoms with E-state index in [1.54, 1.807) is 0 Å². The fourth-order valence-electron chi connectivity index (χ4n) is 6.09. The van der Waals surface area contributed by atoms with Crippen LogP contribution in [0.5, 0.6) is 0 Å². The van der Waals surface area contributed by atoms with E-state index in [1.165, 1.54) is 0 Å². The number of carbonyl (C=O) groups is 2. The van der Waals surface area contributed by atoms with Crippen LogP contribution in [-0.4, -0.2) is 36.4 Å². The molecule has 5 nitrogen and oxygen atoms in total. The van der Waals surface area contributed by atoms with Crippen LogP contribution in [-0.2, 0) is 14.2 Å². The lowest BCUT2D eigenvalue weighted by atomic mass is 9.99. The Balaban J connectivity index is 1.76. The first-order valence-corrected chi connectivity index (χ1v) is 14.8. The van der Waals surface area contributed by atoms with Crippen LogP contribution < -0.4 is 0 Å². The second kappa shape index (κ2) is 14.1. The minimum Gasteiger partial charge on any atom is -0.456 e. The highest BCUT2D eigenvalue weighted by atomic mass is 16.6. The molecule has 214 valence electrons. The monoisotopic (exact) mass is 536 g/mol. The second-order valence-electron chi connectivity index (χ2n) is 11.5. The summed E-state index contributed by atoms with van der Waals surface area (Å²) in [7, 11) is 0. The summed E-state index contributed by atoms with van der Waals surface area (Å²) in [6.45, 7) is 16.2. The van der Waals surface area contributed by atoms with Gasteiger partial charge in [-0.1, -0.05) is 62.1 Å². The van der Waals surface area contributed by atoms with Gasteiger partial charge in [-0.25, -0.2) is 9.59 Å². The molecule has 0 amide bonds. The molecule has 0 radical (unpaired) electrons. The minimum atomic E-state index is -0.327. The predicted octanol–water partition coefficient (Wildman–Crippen LogP) is 8.22. The van der Waals surface area contributed by atoms with Gasteiger partial charge in [0.05, 0.1) is 23.3 Å². The molecule has 1 aliphatic heterocycles. The number of unbranched alkanes of at least 4 members (excludes halogenated alkanes) is 2. The zero-order valence-electron chi connectivity index (χ0n) is 25.3. The SMILES string of the molecule is CCCC[C@H](OC(=O)c1c(C)cc(C)cc1C)[C@H]1CC[C@H]([C@H](CCCC)OC(=O)c2c(C)cc(C)cc2C)O1. The Labute approximate surface area is 235 Å². The number of hydrogen-bond acceptors (Lipinski definition) is 5. The lowest BCUT2D eigenvalue weighted by Gasteiger charge is -2.28. The molecule has 2 aromatic rings. The molecule has 0 aliphatic carbocycles. The summed E-state index contributed by atoms with van der Waals surface area (Å²) in [4.78, 5) is 26.7. The normalized spacial score (nSPS) is 18.6. The third-order valence-corrected chi connectivity index (χ3v) is 7.88. The van der Waals surface area contributed by atoms with E-state index >= 15 is 0 Å². The third-order valence-electron chi connectivity index (χ3n) is 7.88. The largest absolute Gasteiger partial charge is 0.456 e. The van der Waals surface area contributed by atoms with Gasteiger partial charge in [-0.05, 0) is 102 Å². The summed E-state index contributed by atoms with van der Waals surface area (Å²) < 4.78 is 18.9. The Morgan fingerprint density at radius 1 is 0.692 bits per heavy atom. The topological polar surface area (TPSA) is 61.8 Å². The van der Waals surface area contributed by atoms with E-state index < -0.39 is 0 Å². The number of hydrogen-bond donors (Lipinski definition) is 0. The van der Waals surface area contributed by atoms with E-state index in [9.17, 15) is 9.59 Å². The van der Waals surface area contributed by atoms with Crippen LogP contribution in [0.4, 0.5) is 0 Å². The maximum absolute atomic E-state index is 13.3. The zero-order valence-corrected chi connectivity index (χ0v) is 25.3. The smallest absolute Gasteiger partial charge is 0.339 e. The van der Waals surface area contributed by atoms with Gasteiger partial charge in [0, 0.05) is 0 Å². The van der Waals surface area contributed by atoms with Gasteiger partial charge in [-0.15, -0.1) is 0 Å². The lowest BCUT2D eigenvalue weighted by Crippen LogP contribution is -2.36. The molecule has 0 saturated carbocycles. The van der Waals surface area contributed by atoms with Crippen molar-refractivity contribution >= 4 is 11.9 Å². The molecule has 1 heterocycles. The van der Waals surface area contributed by atoms with Gasteiger partial charge < -0.3 is 14.2 Å². The summed E-state index contributed by atoms with van der Waals surface area (Å²) in [5, 5.41) is 0. The van der Waals surface area contributed by atoms with Crippen molar-refractivity contribution in [3.05, 3.63) is 68.8 Å². The molecule has 0 N–H and O–H groups in total. The van der Waals surface area contributed by atoms with Gasteiger partial charge in [0.1, 0.15) is 12.2 Å². The van der Waals surface area contributed by atoms with E-state index in [0.29, 0.717) is 11.1 Å². The van der Waals surface area contributed by atoms with Crippen molar-refractivity contribution in [1.82, 2.24) is 0 Å². The average Bonchev–Trinajstić information content (AvgIpc) is 3.33. The van der Waals surface area contributed by atoms with Crippen LogP contribution >= 0.6 is 0 Å². The lowest BCUT2D eigenvalue weighted by molar-refractivity contribution is -0.0892. The highest BCUT2D eigenvalue weighted by molar-refractivity contribution is 5.93. The summed E-state index contributed by atoms with van der Waals surface area (Å²) in [5.41, 5.74) is 7.31. The molecule has 0 unspecified atom stereocenters. The number of aryl methyl sites for hydroxylation is 6. The fraction of sp³-hybridized carbons (Fsp3) is 0.588. The van der Waals surface area contributed by atoms with E-state index in [-0.39, 0.29) is 36.4 Å².